The van der Waals surface area contributed by atoms with Crippen molar-refractivity contribution in [3.63, 3.8) is 0 Å². The van der Waals surface area contributed by atoms with Crippen LogP contribution in [0, 0.1) is 0 Å². The van der Waals surface area contributed by atoms with Crippen LogP contribution in [0.25, 0.3) is 0 Å². The molecule has 0 aliphatic carbocycles. The number of halogens is 1. The Hall–Kier alpha value is -0.150. The minimum atomic E-state index is -1.01. The fraction of sp³-hybridized carbons (Fsp3) is 1.00. The van der Waals surface area contributed by atoms with E-state index in [4.69, 9.17) is 5.11 Å². The summed E-state index contributed by atoms with van der Waals surface area (Å²) in [6.07, 6.45) is -0.704. The van der Waals surface area contributed by atoms with E-state index in [9.17, 15) is 4.39 Å². The lowest BCUT2D eigenvalue weighted by Crippen LogP contribution is -2.20. The smallest absolute Gasteiger partial charge is 0.127 e. The summed E-state index contributed by atoms with van der Waals surface area (Å²) in [6, 6.07) is 0. The van der Waals surface area contributed by atoms with E-state index in [1.54, 1.807) is 0 Å². The summed E-state index contributed by atoms with van der Waals surface area (Å²) in [5.41, 5.74) is 0. The lowest BCUT2D eigenvalue weighted by Gasteiger charge is -2.10. The topological polar surface area (TPSA) is 23.5 Å². The number of alkyl halides is 1. The molecular weight excluding hydrogens is 157 g/mol. The zero-order chi connectivity index (χ0) is 9.56. The van der Waals surface area contributed by atoms with Gasteiger partial charge in [-0.15, -0.1) is 0 Å². The van der Waals surface area contributed by atoms with Crippen molar-refractivity contribution in [2.24, 2.45) is 0 Å². The van der Waals surface area contributed by atoms with Gasteiger partial charge in [-0.05, 0) is 19.9 Å². The van der Waals surface area contributed by atoms with Crippen LogP contribution in [0.5, 0.6) is 0 Å². The van der Waals surface area contributed by atoms with Crippen molar-refractivity contribution in [1.82, 2.24) is 4.90 Å². The van der Waals surface area contributed by atoms with Crippen molar-refractivity contribution < 1.29 is 9.50 Å². The van der Waals surface area contributed by atoms with Crippen LogP contribution >= 0.6 is 0 Å². The van der Waals surface area contributed by atoms with E-state index < -0.39 is 12.3 Å². The van der Waals surface area contributed by atoms with Gasteiger partial charge < -0.3 is 10.0 Å². The highest BCUT2D eigenvalue weighted by Crippen LogP contribution is 2.12. The van der Waals surface area contributed by atoms with Crippen molar-refractivity contribution in [2.45, 2.75) is 39.0 Å². The second-order valence-corrected chi connectivity index (χ2v) is 2.96. The summed E-state index contributed by atoms with van der Waals surface area (Å²) in [4.78, 5) is 2.04. The van der Waals surface area contributed by atoms with Gasteiger partial charge in [-0.25, -0.2) is 4.39 Å². The third-order valence-electron chi connectivity index (χ3n) is 2.01. The molecule has 0 bridgehead atoms. The van der Waals surface area contributed by atoms with Crippen molar-refractivity contribution in [3.8, 4) is 0 Å². The van der Waals surface area contributed by atoms with Crippen molar-refractivity contribution >= 4 is 0 Å². The molecule has 12 heavy (non-hydrogen) atoms. The molecule has 0 aromatic rings. The Bertz CT molecular complexity index is 98.7. The minimum absolute atomic E-state index is 0.470. The predicted octanol–water partition coefficient (Wildman–Crippen LogP) is 1.44. The first-order valence-corrected chi connectivity index (χ1v) is 4.71. The van der Waals surface area contributed by atoms with Gasteiger partial charge in [0, 0.05) is 13.1 Å². The molecule has 0 saturated carbocycles. The van der Waals surface area contributed by atoms with Crippen LogP contribution in [-0.2, 0) is 0 Å². The summed E-state index contributed by atoms with van der Waals surface area (Å²) in [6.45, 7) is 5.57. The fourth-order valence-electron chi connectivity index (χ4n) is 1.18. The molecular formula is C9H20FNO. The highest BCUT2D eigenvalue weighted by molar-refractivity contribution is 4.74. The molecule has 2 nitrogen and oxygen atoms in total. The van der Waals surface area contributed by atoms with E-state index in [1.807, 2.05) is 25.8 Å². The zero-order valence-electron chi connectivity index (χ0n) is 8.26. The van der Waals surface area contributed by atoms with Crippen molar-refractivity contribution in [3.05, 3.63) is 0 Å². The van der Waals surface area contributed by atoms with E-state index in [1.165, 1.54) is 0 Å². The maximum absolute atomic E-state index is 12.7. The Balaban J connectivity index is 0.000000561. The third-order valence-corrected chi connectivity index (χ3v) is 2.01. The number of nitrogens with zero attached hydrogens (tertiary/aromatic N) is 1. The van der Waals surface area contributed by atoms with E-state index in [0.29, 0.717) is 12.8 Å². The van der Waals surface area contributed by atoms with Crippen LogP contribution in [0.15, 0.2) is 0 Å². The molecule has 0 aromatic carbocycles. The molecule has 0 spiro atoms. The maximum Gasteiger partial charge on any atom is 0.127 e. The summed E-state index contributed by atoms with van der Waals surface area (Å²) < 4.78 is 12.7. The summed E-state index contributed by atoms with van der Waals surface area (Å²) in [5, 5.41) is 9.07. The minimum Gasteiger partial charge on any atom is -0.390 e. The molecule has 2 atom stereocenters. The maximum atomic E-state index is 12.7. The van der Waals surface area contributed by atoms with E-state index in [2.05, 4.69) is 0 Å². The highest BCUT2D eigenvalue weighted by Gasteiger charge is 2.22. The first-order valence-electron chi connectivity index (χ1n) is 4.71. The van der Waals surface area contributed by atoms with Crippen LogP contribution in [0.3, 0.4) is 0 Å². The standard InChI is InChI=1S/C7H14FNO.C2H6/c1-9-4-2-6(8)7(10)3-5-9;1-2/h6-7,10H,2-5H2,1H3;1-2H3. The molecule has 1 aliphatic heterocycles. The molecule has 2 unspecified atom stereocenters. The fourth-order valence-corrected chi connectivity index (χ4v) is 1.18. The van der Waals surface area contributed by atoms with Gasteiger partial charge in [-0.3, -0.25) is 0 Å². The van der Waals surface area contributed by atoms with Gasteiger partial charge in [0.1, 0.15) is 6.17 Å². The second-order valence-electron chi connectivity index (χ2n) is 2.96. The molecule has 0 amide bonds. The first kappa shape index (κ1) is 11.8. The van der Waals surface area contributed by atoms with Crippen LogP contribution < -0.4 is 0 Å². The van der Waals surface area contributed by atoms with Gasteiger partial charge in [0.15, 0.2) is 0 Å². The second kappa shape index (κ2) is 6.38. The summed E-state index contributed by atoms with van der Waals surface area (Å²) >= 11 is 0. The quantitative estimate of drug-likeness (QED) is 0.605. The van der Waals surface area contributed by atoms with Crippen LogP contribution in [-0.4, -0.2) is 42.4 Å². The third kappa shape index (κ3) is 4.02. The Morgan fingerprint density at radius 2 is 1.75 bits per heavy atom. The Morgan fingerprint density at radius 1 is 1.25 bits per heavy atom. The molecule has 1 rings (SSSR count). The number of hydrogen-bond acceptors (Lipinski definition) is 2. The van der Waals surface area contributed by atoms with E-state index >= 15 is 0 Å². The zero-order valence-corrected chi connectivity index (χ0v) is 8.26. The lowest BCUT2D eigenvalue weighted by atomic mass is 10.1. The number of hydrogen-bond donors (Lipinski definition) is 1. The molecule has 0 aromatic heterocycles. The van der Waals surface area contributed by atoms with Crippen molar-refractivity contribution in [2.75, 3.05) is 20.1 Å². The molecule has 74 valence electrons. The van der Waals surface area contributed by atoms with Crippen molar-refractivity contribution in [1.29, 1.82) is 0 Å². The molecule has 3 heteroatoms. The summed E-state index contributed by atoms with van der Waals surface area (Å²) in [5.74, 6) is 0. The van der Waals surface area contributed by atoms with Gasteiger partial charge in [0.05, 0.1) is 6.10 Å². The number of likely N-dealkylation sites (tertiary alicyclic amines) is 1. The largest absolute Gasteiger partial charge is 0.390 e. The molecule has 1 N–H and O–H groups in total. The average molecular weight is 177 g/mol. The SMILES string of the molecule is CC.CN1CCC(O)C(F)CC1. The van der Waals surface area contributed by atoms with Crippen LogP contribution in [0.1, 0.15) is 26.7 Å². The van der Waals surface area contributed by atoms with E-state index in [-0.39, 0.29) is 0 Å². The summed E-state index contributed by atoms with van der Waals surface area (Å²) in [7, 11) is 1.95. The van der Waals surface area contributed by atoms with Gasteiger partial charge >= 0.3 is 0 Å². The number of aliphatic hydroxyl groups excluding tert-OH is 1. The predicted molar refractivity (Wildman–Crippen MR) is 49.0 cm³/mol. The monoisotopic (exact) mass is 177 g/mol. The van der Waals surface area contributed by atoms with Crippen LogP contribution in [0.2, 0.25) is 0 Å². The van der Waals surface area contributed by atoms with Gasteiger partial charge in [0.25, 0.3) is 0 Å². The Labute approximate surface area is 74.4 Å². The molecule has 1 fully saturated rings. The molecule has 1 aliphatic rings. The number of rotatable bonds is 0. The van der Waals surface area contributed by atoms with Gasteiger partial charge in [0.2, 0.25) is 0 Å². The molecule has 1 saturated heterocycles. The number of aliphatic hydroxyl groups is 1. The normalized spacial score (nSPS) is 31.8. The Morgan fingerprint density at radius 3 is 2.33 bits per heavy atom. The van der Waals surface area contributed by atoms with Gasteiger partial charge in [-0.1, -0.05) is 13.8 Å². The average Bonchev–Trinajstić information content (AvgIpc) is 2.24. The molecule has 0 radical (unpaired) electrons. The first-order chi connectivity index (χ1) is 5.70. The van der Waals surface area contributed by atoms with E-state index in [0.717, 1.165) is 13.1 Å². The van der Waals surface area contributed by atoms with Gasteiger partial charge in [-0.2, -0.15) is 0 Å². The van der Waals surface area contributed by atoms with Crippen LogP contribution in [0.4, 0.5) is 4.39 Å². The lowest BCUT2D eigenvalue weighted by molar-refractivity contribution is 0.0756. The highest BCUT2D eigenvalue weighted by atomic mass is 19.1. The Kier molecular flexibility index (Phi) is 6.30. The molecule has 1 heterocycles.